The molecule has 9 heteroatoms. The van der Waals surface area contributed by atoms with Crippen LogP contribution < -0.4 is 16.8 Å². The minimum atomic E-state index is -4.41. The Bertz CT molecular complexity index is 1010. The van der Waals surface area contributed by atoms with Crippen LogP contribution in [0.5, 0.6) is 0 Å². The van der Waals surface area contributed by atoms with Crippen LogP contribution in [-0.2, 0) is 6.18 Å². The van der Waals surface area contributed by atoms with Gasteiger partial charge in [-0.1, -0.05) is 24.3 Å². The Morgan fingerprint density at radius 2 is 1.58 bits per heavy atom. The van der Waals surface area contributed by atoms with Gasteiger partial charge in [0.05, 0.1) is 11.1 Å². The molecule has 0 atom stereocenters. The zero-order valence-electron chi connectivity index (χ0n) is 13.1. The Morgan fingerprint density at radius 1 is 0.962 bits per heavy atom. The number of H-pyrrole nitrogens is 1. The number of halogens is 3. The van der Waals surface area contributed by atoms with Crippen LogP contribution in [0, 0.1) is 0 Å². The van der Waals surface area contributed by atoms with Crippen molar-refractivity contribution < 1.29 is 22.8 Å². The topological polar surface area (TPSA) is 114 Å². The predicted octanol–water partition coefficient (Wildman–Crippen LogP) is 3.44. The van der Waals surface area contributed by atoms with E-state index in [2.05, 4.69) is 10.3 Å². The van der Waals surface area contributed by atoms with E-state index in [0.717, 1.165) is 12.1 Å². The minimum Gasteiger partial charge on any atom is -0.365 e. The first-order chi connectivity index (χ1) is 12.2. The summed E-state index contributed by atoms with van der Waals surface area (Å²) in [6.07, 6.45) is -4.41. The van der Waals surface area contributed by atoms with Gasteiger partial charge >= 0.3 is 12.2 Å². The van der Waals surface area contributed by atoms with Crippen LogP contribution in [0.25, 0.3) is 22.0 Å². The first-order valence-electron chi connectivity index (χ1n) is 7.36. The van der Waals surface area contributed by atoms with Crippen LogP contribution in [0.15, 0.2) is 42.5 Å². The number of nitrogens with one attached hydrogen (secondary N) is 2. The number of fused-ring (bicyclic) bond motifs is 1. The number of amides is 3. The highest BCUT2D eigenvalue weighted by Crippen LogP contribution is 2.33. The van der Waals surface area contributed by atoms with Crippen LogP contribution in [-0.4, -0.2) is 16.9 Å². The summed E-state index contributed by atoms with van der Waals surface area (Å²) < 4.78 is 38.0. The van der Waals surface area contributed by atoms with Crippen molar-refractivity contribution in [3.8, 4) is 11.1 Å². The molecule has 0 aliphatic heterocycles. The number of benzene rings is 2. The lowest BCUT2D eigenvalue weighted by atomic mass is 10.0. The average Bonchev–Trinajstić information content (AvgIpc) is 2.90. The molecule has 0 bridgehead atoms. The number of aromatic nitrogens is 1. The largest absolute Gasteiger partial charge is 0.416 e. The molecule has 3 rings (SSSR count). The molecule has 0 unspecified atom stereocenters. The number of anilines is 1. The fourth-order valence-corrected chi connectivity index (χ4v) is 2.70. The molecule has 2 aromatic carbocycles. The maximum atomic E-state index is 12.7. The van der Waals surface area contributed by atoms with E-state index in [1.165, 1.54) is 12.1 Å². The van der Waals surface area contributed by atoms with E-state index in [9.17, 15) is 22.8 Å². The van der Waals surface area contributed by atoms with Gasteiger partial charge in [0.25, 0.3) is 5.91 Å². The van der Waals surface area contributed by atoms with Crippen LogP contribution in [0.2, 0.25) is 0 Å². The molecule has 0 saturated heterocycles. The average molecular weight is 362 g/mol. The Labute approximate surface area is 145 Å². The second kappa shape index (κ2) is 6.10. The fourth-order valence-electron chi connectivity index (χ4n) is 2.70. The van der Waals surface area contributed by atoms with Crippen molar-refractivity contribution in [1.29, 1.82) is 0 Å². The summed E-state index contributed by atoms with van der Waals surface area (Å²) in [4.78, 5) is 25.6. The maximum Gasteiger partial charge on any atom is 0.416 e. The summed E-state index contributed by atoms with van der Waals surface area (Å²) >= 11 is 0. The monoisotopic (exact) mass is 362 g/mol. The predicted molar refractivity (Wildman–Crippen MR) is 90.5 cm³/mol. The third kappa shape index (κ3) is 3.18. The lowest BCUT2D eigenvalue weighted by molar-refractivity contribution is -0.137. The second-order valence-corrected chi connectivity index (χ2v) is 5.56. The van der Waals surface area contributed by atoms with Gasteiger partial charge in [0, 0.05) is 10.9 Å². The SMILES string of the molecule is NC(=O)Nc1[nH]c2cc(-c3ccc(C(F)(F)F)cc3)ccc2c1C(N)=O. The zero-order chi connectivity index (χ0) is 19.1. The van der Waals surface area contributed by atoms with Gasteiger partial charge in [0.2, 0.25) is 0 Å². The van der Waals surface area contributed by atoms with Gasteiger partial charge in [-0.2, -0.15) is 13.2 Å². The fraction of sp³-hybridized carbons (Fsp3) is 0.0588. The number of carbonyl (C=O) groups is 2. The molecule has 0 saturated carbocycles. The van der Waals surface area contributed by atoms with Gasteiger partial charge in [0.1, 0.15) is 5.82 Å². The smallest absolute Gasteiger partial charge is 0.365 e. The molecule has 0 aliphatic rings. The normalized spacial score (nSPS) is 11.5. The van der Waals surface area contributed by atoms with E-state index in [0.29, 0.717) is 22.0 Å². The maximum absolute atomic E-state index is 12.7. The second-order valence-electron chi connectivity index (χ2n) is 5.56. The molecule has 0 radical (unpaired) electrons. The Kier molecular flexibility index (Phi) is 4.07. The minimum absolute atomic E-state index is 0.0598. The number of aromatic amines is 1. The van der Waals surface area contributed by atoms with E-state index in [-0.39, 0.29) is 11.4 Å². The number of urea groups is 1. The van der Waals surface area contributed by atoms with Crippen molar-refractivity contribution >= 4 is 28.7 Å². The van der Waals surface area contributed by atoms with E-state index in [1.807, 2.05) is 0 Å². The van der Waals surface area contributed by atoms with Crippen molar-refractivity contribution in [2.24, 2.45) is 11.5 Å². The summed E-state index contributed by atoms with van der Waals surface area (Å²) in [5, 5.41) is 2.74. The molecule has 0 spiro atoms. The molecule has 0 fully saturated rings. The quantitative estimate of drug-likeness (QED) is 0.572. The molecule has 0 aliphatic carbocycles. The summed E-state index contributed by atoms with van der Waals surface area (Å²) in [6.45, 7) is 0. The first kappa shape index (κ1) is 17.3. The van der Waals surface area contributed by atoms with E-state index >= 15 is 0 Å². The van der Waals surface area contributed by atoms with Gasteiger partial charge in [0.15, 0.2) is 0 Å². The van der Waals surface area contributed by atoms with Crippen LogP contribution >= 0.6 is 0 Å². The highest BCUT2D eigenvalue weighted by Gasteiger charge is 2.30. The number of nitrogens with two attached hydrogens (primary N) is 2. The standard InChI is InChI=1S/C17H13F3N4O2/c18-17(19,20)10-4-1-8(2-5-10)9-3-6-11-12(7-9)23-15(24-16(22)26)13(11)14(21)25/h1-7,23H,(H2,21,25)(H3,22,24,26). The molecule has 6 N–H and O–H groups in total. The summed E-state index contributed by atoms with van der Waals surface area (Å²) in [6, 6.07) is 8.67. The van der Waals surface area contributed by atoms with Crippen LogP contribution in [0.4, 0.5) is 23.8 Å². The number of primary amides is 2. The van der Waals surface area contributed by atoms with Crippen molar-refractivity contribution in [3.05, 3.63) is 53.6 Å². The van der Waals surface area contributed by atoms with E-state index in [4.69, 9.17) is 11.5 Å². The lowest BCUT2D eigenvalue weighted by Gasteiger charge is -2.08. The van der Waals surface area contributed by atoms with E-state index < -0.39 is 23.7 Å². The van der Waals surface area contributed by atoms with Gasteiger partial charge < -0.3 is 16.5 Å². The molecule has 1 heterocycles. The Balaban J connectivity index is 2.07. The number of hydrogen-bond acceptors (Lipinski definition) is 2. The number of carbonyl (C=O) groups excluding carboxylic acids is 2. The number of rotatable bonds is 3. The molecule has 3 aromatic rings. The molecule has 1 aromatic heterocycles. The molecule has 134 valence electrons. The van der Waals surface area contributed by atoms with Crippen molar-refractivity contribution in [2.75, 3.05) is 5.32 Å². The van der Waals surface area contributed by atoms with Crippen LogP contribution in [0.3, 0.4) is 0 Å². The lowest BCUT2D eigenvalue weighted by Crippen LogP contribution is -2.22. The van der Waals surface area contributed by atoms with Crippen LogP contribution in [0.1, 0.15) is 15.9 Å². The number of alkyl halides is 3. The Morgan fingerprint density at radius 3 is 2.12 bits per heavy atom. The third-order valence-corrected chi connectivity index (χ3v) is 3.84. The Hall–Kier alpha value is -3.49. The summed E-state index contributed by atoms with van der Waals surface area (Å²) in [7, 11) is 0. The van der Waals surface area contributed by atoms with E-state index in [1.54, 1.807) is 18.2 Å². The molecule has 3 amide bonds. The van der Waals surface area contributed by atoms with Gasteiger partial charge in [-0.15, -0.1) is 0 Å². The molecular formula is C17H13F3N4O2. The summed E-state index contributed by atoms with van der Waals surface area (Å²) in [5.41, 5.74) is 11.4. The highest BCUT2D eigenvalue weighted by molar-refractivity contribution is 6.13. The van der Waals surface area contributed by atoms with Crippen molar-refractivity contribution in [2.45, 2.75) is 6.18 Å². The van der Waals surface area contributed by atoms with Gasteiger partial charge in [-0.05, 0) is 29.3 Å². The van der Waals surface area contributed by atoms with Gasteiger partial charge in [-0.3, -0.25) is 10.1 Å². The highest BCUT2D eigenvalue weighted by atomic mass is 19.4. The molecule has 26 heavy (non-hydrogen) atoms. The zero-order valence-corrected chi connectivity index (χ0v) is 13.1. The van der Waals surface area contributed by atoms with Gasteiger partial charge in [-0.25, -0.2) is 4.79 Å². The molecular weight excluding hydrogens is 349 g/mol. The van der Waals surface area contributed by atoms with Crippen molar-refractivity contribution in [3.63, 3.8) is 0 Å². The molecule has 6 nitrogen and oxygen atoms in total. The van der Waals surface area contributed by atoms with Crippen molar-refractivity contribution in [1.82, 2.24) is 4.98 Å². The third-order valence-electron chi connectivity index (χ3n) is 3.84. The number of hydrogen-bond donors (Lipinski definition) is 4. The summed E-state index contributed by atoms with van der Waals surface area (Å²) in [5.74, 6) is -0.702. The first-order valence-corrected chi connectivity index (χ1v) is 7.36.